The zero-order chi connectivity index (χ0) is 21.8. The van der Waals surface area contributed by atoms with Crippen LogP contribution in [0.15, 0.2) is 78.9 Å². The molecule has 5 nitrogen and oxygen atoms in total. The molecule has 1 atom stereocenters. The Morgan fingerprint density at radius 1 is 0.871 bits per heavy atom. The van der Waals surface area contributed by atoms with Crippen LogP contribution in [0, 0.1) is 0 Å². The van der Waals surface area contributed by atoms with Crippen LogP contribution in [0.4, 0.5) is 5.69 Å². The number of methoxy groups -OCH3 is 1. The van der Waals surface area contributed by atoms with Crippen molar-refractivity contribution in [3.05, 3.63) is 84.4 Å². The zero-order valence-electron chi connectivity index (χ0n) is 17.4. The van der Waals surface area contributed by atoms with Gasteiger partial charge >= 0.3 is 5.97 Å². The Morgan fingerprint density at radius 3 is 2.45 bits per heavy atom. The van der Waals surface area contributed by atoms with E-state index in [1.807, 2.05) is 78.9 Å². The third-order valence-corrected chi connectivity index (χ3v) is 5.33. The summed E-state index contributed by atoms with van der Waals surface area (Å²) in [6.45, 7) is 1.44. The van der Waals surface area contributed by atoms with E-state index in [4.69, 9.17) is 9.47 Å². The highest BCUT2D eigenvalue weighted by Gasteiger charge is 2.19. The fourth-order valence-electron chi connectivity index (χ4n) is 3.56. The largest absolute Gasteiger partial charge is 0.497 e. The minimum absolute atomic E-state index is 0.336. The van der Waals surface area contributed by atoms with Gasteiger partial charge in [-0.2, -0.15) is 0 Å². The van der Waals surface area contributed by atoms with Crippen molar-refractivity contribution in [1.29, 1.82) is 0 Å². The average molecular weight is 413 g/mol. The molecule has 0 heterocycles. The molecule has 0 spiro atoms. The highest BCUT2D eigenvalue weighted by molar-refractivity contribution is 6.02. The van der Waals surface area contributed by atoms with Crippen molar-refractivity contribution < 1.29 is 19.1 Å². The van der Waals surface area contributed by atoms with Gasteiger partial charge in [0.15, 0.2) is 6.61 Å². The number of amides is 1. The van der Waals surface area contributed by atoms with Gasteiger partial charge in [-0.1, -0.05) is 60.7 Å². The Labute approximate surface area is 180 Å². The van der Waals surface area contributed by atoms with Crippen molar-refractivity contribution in [2.75, 3.05) is 19.0 Å². The van der Waals surface area contributed by atoms with E-state index in [0.717, 1.165) is 32.9 Å². The quantitative estimate of drug-likeness (QED) is 0.437. The summed E-state index contributed by atoms with van der Waals surface area (Å²) in [5.74, 6) is -0.523. The first-order valence-electron chi connectivity index (χ1n) is 10.1. The van der Waals surface area contributed by atoms with Crippen molar-refractivity contribution in [2.45, 2.75) is 12.8 Å². The van der Waals surface area contributed by atoms with Crippen molar-refractivity contribution in [1.82, 2.24) is 0 Å². The molecule has 0 radical (unpaired) electrons. The molecule has 1 amide bonds. The van der Waals surface area contributed by atoms with E-state index in [1.165, 1.54) is 0 Å². The molecule has 0 aliphatic carbocycles. The smallest absolute Gasteiger partial charge is 0.313 e. The molecule has 0 saturated heterocycles. The topological polar surface area (TPSA) is 64.6 Å². The molecule has 5 heteroatoms. The number of benzene rings is 4. The van der Waals surface area contributed by atoms with E-state index in [2.05, 4.69) is 5.32 Å². The standard InChI is InChI=1S/C26H23NO4/c1-17(19-10-11-21-15-22(30-2)13-12-20(21)14-19)26(29)31-16-25(28)27-24-9-5-7-18-6-3-4-8-23(18)24/h3-15,17H,16H2,1-2H3,(H,27,28)/t17-/m1/s1. The maximum Gasteiger partial charge on any atom is 0.313 e. The van der Waals surface area contributed by atoms with E-state index >= 15 is 0 Å². The molecule has 31 heavy (non-hydrogen) atoms. The molecular formula is C26H23NO4. The molecule has 4 rings (SSSR count). The van der Waals surface area contributed by atoms with Crippen molar-refractivity contribution in [3.63, 3.8) is 0 Å². The molecule has 156 valence electrons. The van der Waals surface area contributed by atoms with Crippen LogP contribution in [0.5, 0.6) is 5.75 Å². The lowest BCUT2D eigenvalue weighted by molar-refractivity contribution is -0.148. The molecule has 1 N–H and O–H groups in total. The first-order chi connectivity index (χ1) is 15.0. The number of anilines is 1. The maximum atomic E-state index is 12.5. The number of ether oxygens (including phenoxy) is 2. The number of carbonyl (C=O) groups excluding carboxylic acids is 2. The van der Waals surface area contributed by atoms with E-state index < -0.39 is 11.9 Å². The van der Waals surface area contributed by atoms with Crippen molar-refractivity contribution in [2.24, 2.45) is 0 Å². The number of esters is 1. The highest BCUT2D eigenvalue weighted by atomic mass is 16.5. The number of rotatable bonds is 6. The highest BCUT2D eigenvalue weighted by Crippen LogP contribution is 2.26. The zero-order valence-corrected chi connectivity index (χ0v) is 17.4. The molecule has 4 aromatic carbocycles. The Balaban J connectivity index is 1.39. The van der Waals surface area contributed by atoms with Gasteiger partial charge in [-0.15, -0.1) is 0 Å². The Hall–Kier alpha value is -3.86. The van der Waals surface area contributed by atoms with Crippen LogP contribution in [0.25, 0.3) is 21.5 Å². The molecule has 4 aromatic rings. The molecule has 0 unspecified atom stereocenters. The summed E-state index contributed by atoms with van der Waals surface area (Å²) in [6, 6.07) is 25.0. The number of carbonyl (C=O) groups is 2. The van der Waals surface area contributed by atoms with Gasteiger partial charge in [0.05, 0.1) is 13.0 Å². The first-order valence-corrected chi connectivity index (χ1v) is 10.1. The summed E-state index contributed by atoms with van der Waals surface area (Å²) >= 11 is 0. The SMILES string of the molecule is COc1ccc2cc([C@@H](C)C(=O)OCC(=O)Nc3cccc4ccccc34)ccc2c1. The first kappa shape index (κ1) is 20.4. The van der Waals surface area contributed by atoms with Gasteiger partial charge in [0.1, 0.15) is 5.75 Å². The van der Waals surface area contributed by atoms with Gasteiger partial charge in [0.25, 0.3) is 5.91 Å². The third-order valence-electron chi connectivity index (χ3n) is 5.33. The van der Waals surface area contributed by atoms with Crippen LogP contribution < -0.4 is 10.1 Å². The van der Waals surface area contributed by atoms with Crippen LogP contribution in [0.3, 0.4) is 0 Å². The number of nitrogens with one attached hydrogen (secondary N) is 1. The summed E-state index contributed by atoms with van der Waals surface area (Å²) in [5.41, 5.74) is 1.52. The third kappa shape index (κ3) is 4.51. The molecule has 0 aliphatic heterocycles. The lowest BCUT2D eigenvalue weighted by Crippen LogP contribution is -2.23. The van der Waals surface area contributed by atoms with E-state index in [0.29, 0.717) is 5.69 Å². The van der Waals surface area contributed by atoms with Crippen LogP contribution >= 0.6 is 0 Å². The number of hydrogen-bond acceptors (Lipinski definition) is 4. The van der Waals surface area contributed by atoms with Gasteiger partial charge < -0.3 is 14.8 Å². The van der Waals surface area contributed by atoms with Gasteiger partial charge in [0.2, 0.25) is 0 Å². The van der Waals surface area contributed by atoms with Gasteiger partial charge in [-0.25, -0.2) is 0 Å². The van der Waals surface area contributed by atoms with Crippen LogP contribution in [-0.2, 0) is 14.3 Å². The second kappa shape index (κ2) is 8.88. The Morgan fingerprint density at radius 2 is 1.61 bits per heavy atom. The molecule has 0 aliphatic rings. The minimum atomic E-state index is -0.489. The van der Waals surface area contributed by atoms with E-state index in [-0.39, 0.29) is 12.5 Å². The van der Waals surface area contributed by atoms with E-state index in [9.17, 15) is 9.59 Å². The van der Waals surface area contributed by atoms with Crippen molar-refractivity contribution in [3.8, 4) is 5.75 Å². The number of fused-ring (bicyclic) bond motifs is 2. The Bertz CT molecular complexity index is 1260. The lowest BCUT2D eigenvalue weighted by atomic mass is 9.98. The predicted molar refractivity (Wildman–Crippen MR) is 122 cm³/mol. The number of hydrogen-bond donors (Lipinski definition) is 1. The second-order valence-corrected chi connectivity index (χ2v) is 7.38. The lowest BCUT2D eigenvalue weighted by Gasteiger charge is -2.13. The van der Waals surface area contributed by atoms with Crippen LogP contribution in [0.1, 0.15) is 18.4 Å². The van der Waals surface area contributed by atoms with Crippen LogP contribution in [-0.4, -0.2) is 25.6 Å². The maximum absolute atomic E-state index is 12.5. The van der Waals surface area contributed by atoms with Gasteiger partial charge in [0, 0.05) is 11.1 Å². The predicted octanol–water partition coefficient (Wildman–Crippen LogP) is 5.29. The summed E-state index contributed by atoms with van der Waals surface area (Å²) in [7, 11) is 1.63. The average Bonchev–Trinajstić information content (AvgIpc) is 2.81. The summed E-state index contributed by atoms with van der Waals surface area (Å²) in [6.07, 6.45) is 0. The summed E-state index contributed by atoms with van der Waals surface area (Å²) in [4.78, 5) is 24.9. The summed E-state index contributed by atoms with van der Waals surface area (Å²) in [5, 5.41) is 6.82. The van der Waals surface area contributed by atoms with Crippen LogP contribution in [0.2, 0.25) is 0 Å². The summed E-state index contributed by atoms with van der Waals surface area (Å²) < 4.78 is 10.5. The monoisotopic (exact) mass is 413 g/mol. The minimum Gasteiger partial charge on any atom is -0.497 e. The van der Waals surface area contributed by atoms with E-state index in [1.54, 1.807) is 14.0 Å². The van der Waals surface area contributed by atoms with Crippen molar-refractivity contribution >= 4 is 39.1 Å². The fourth-order valence-corrected chi connectivity index (χ4v) is 3.56. The normalized spacial score (nSPS) is 11.8. The molecule has 0 fully saturated rings. The molecule has 0 bridgehead atoms. The molecule has 0 aromatic heterocycles. The van der Waals surface area contributed by atoms with Gasteiger partial charge in [-0.05, 0) is 46.8 Å². The molecular weight excluding hydrogens is 390 g/mol. The fraction of sp³-hybridized carbons (Fsp3) is 0.154. The Kier molecular flexibility index (Phi) is 5.85. The second-order valence-electron chi connectivity index (χ2n) is 7.38. The molecule has 0 saturated carbocycles. The van der Waals surface area contributed by atoms with Gasteiger partial charge in [-0.3, -0.25) is 9.59 Å².